The van der Waals surface area contributed by atoms with Crippen LogP contribution < -0.4 is 15.7 Å². The molecule has 2 aliphatic rings. The van der Waals surface area contributed by atoms with Gasteiger partial charge in [-0.15, -0.1) is 0 Å². The van der Waals surface area contributed by atoms with Crippen LogP contribution in [-0.2, 0) is 6.42 Å². The second kappa shape index (κ2) is 6.46. The average Bonchev–Trinajstić information content (AvgIpc) is 3.04. The number of aryl methyl sites for hydroxylation is 2. The van der Waals surface area contributed by atoms with Crippen LogP contribution in [0.25, 0.3) is 11.0 Å². The van der Waals surface area contributed by atoms with Crippen molar-refractivity contribution in [1.82, 2.24) is 5.32 Å². The number of ether oxygens (including phenoxy) is 1. The van der Waals surface area contributed by atoms with Crippen molar-refractivity contribution < 1.29 is 14.3 Å². The van der Waals surface area contributed by atoms with Gasteiger partial charge in [-0.05, 0) is 68.8 Å². The number of aliphatic hydroxyl groups excluding tert-OH is 1. The van der Waals surface area contributed by atoms with Crippen LogP contribution in [0.4, 0.5) is 0 Å². The van der Waals surface area contributed by atoms with E-state index in [9.17, 15) is 9.90 Å². The van der Waals surface area contributed by atoms with Crippen LogP contribution in [0.2, 0.25) is 0 Å². The molecular formula is C20H25NO4. The topological polar surface area (TPSA) is 71.7 Å². The first-order valence-corrected chi connectivity index (χ1v) is 9.18. The zero-order valence-electron chi connectivity index (χ0n) is 14.7. The lowest BCUT2D eigenvalue weighted by atomic mass is 9.78. The fourth-order valence-electron chi connectivity index (χ4n) is 4.37. The molecule has 2 fully saturated rings. The van der Waals surface area contributed by atoms with Crippen LogP contribution in [0.5, 0.6) is 5.75 Å². The van der Waals surface area contributed by atoms with Gasteiger partial charge in [0.25, 0.3) is 0 Å². The first kappa shape index (κ1) is 16.6. The van der Waals surface area contributed by atoms with E-state index in [4.69, 9.17) is 9.15 Å². The lowest BCUT2D eigenvalue weighted by Crippen LogP contribution is -2.42. The third-order valence-electron chi connectivity index (χ3n) is 5.84. The number of fused-ring (bicyclic) bond motifs is 2. The molecule has 2 N–H and O–H groups in total. The third-order valence-corrected chi connectivity index (χ3v) is 5.84. The number of benzene rings is 1. The Kier molecular flexibility index (Phi) is 4.29. The van der Waals surface area contributed by atoms with Gasteiger partial charge in [-0.1, -0.05) is 6.92 Å². The molecule has 1 aromatic carbocycles. The minimum Gasteiger partial charge on any atom is -0.487 e. The van der Waals surface area contributed by atoms with Gasteiger partial charge in [0.1, 0.15) is 17.4 Å². The van der Waals surface area contributed by atoms with Crippen molar-refractivity contribution in [2.45, 2.75) is 45.3 Å². The van der Waals surface area contributed by atoms with E-state index in [0.717, 1.165) is 48.9 Å². The molecule has 134 valence electrons. The monoisotopic (exact) mass is 343 g/mol. The maximum Gasteiger partial charge on any atom is 0.336 e. The highest BCUT2D eigenvalue weighted by Gasteiger charge is 2.40. The number of rotatable bonds is 3. The summed E-state index contributed by atoms with van der Waals surface area (Å²) in [6, 6.07) is 5.44. The zero-order valence-corrected chi connectivity index (χ0v) is 14.7. The Hall–Kier alpha value is -1.85. The molecular weight excluding hydrogens is 318 g/mol. The molecule has 2 aromatic rings. The van der Waals surface area contributed by atoms with E-state index < -0.39 is 6.10 Å². The van der Waals surface area contributed by atoms with Gasteiger partial charge in [-0.3, -0.25) is 0 Å². The Morgan fingerprint density at radius 3 is 2.80 bits per heavy atom. The van der Waals surface area contributed by atoms with E-state index >= 15 is 0 Å². The Morgan fingerprint density at radius 2 is 2.04 bits per heavy atom. The number of hydrogen-bond acceptors (Lipinski definition) is 5. The Bertz CT molecular complexity index is 843. The van der Waals surface area contributed by atoms with Crippen LogP contribution in [0, 0.1) is 18.8 Å². The van der Waals surface area contributed by atoms with Crippen LogP contribution in [0.3, 0.4) is 0 Å². The summed E-state index contributed by atoms with van der Waals surface area (Å²) in [5.74, 6) is 1.81. The zero-order chi connectivity index (χ0) is 17.6. The van der Waals surface area contributed by atoms with Gasteiger partial charge >= 0.3 is 5.63 Å². The Labute approximate surface area is 147 Å². The summed E-state index contributed by atoms with van der Waals surface area (Å²) in [4.78, 5) is 11.8. The van der Waals surface area contributed by atoms with Crippen molar-refractivity contribution >= 4 is 11.0 Å². The van der Waals surface area contributed by atoms with Crippen molar-refractivity contribution in [2.24, 2.45) is 11.8 Å². The van der Waals surface area contributed by atoms with Crippen LogP contribution in [0.1, 0.15) is 30.9 Å². The minimum absolute atomic E-state index is 0.210. The maximum atomic E-state index is 11.8. The molecule has 0 unspecified atom stereocenters. The molecule has 25 heavy (non-hydrogen) atoms. The molecule has 5 nitrogen and oxygen atoms in total. The summed E-state index contributed by atoms with van der Waals surface area (Å²) in [5.41, 5.74) is 2.07. The molecule has 0 spiro atoms. The van der Waals surface area contributed by atoms with Gasteiger partial charge in [-0.25, -0.2) is 4.79 Å². The second-order valence-electron chi connectivity index (χ2n) is 7.38. The van der Waals surface area contributed by atoms with Crippen molar-refractivity contribution in [2.75, 3.05) is 13.1 Å². The van der Waals surface area contributed by atoms with Gasteiger partial charge < -0.3 is 19.6 Å². The highest BCUT2D eigenvalue weighted by Crippen LogP contribution is 2.36. The predicted octanol–water partition coefficient (Wildman–Crippen LogP) is 2.40. The first-order valence-electron chi connectivity index (χ1n) is 9.18. The molecule has 1 aromatic heterocycles. The van der Waals surface area contributed by atoms with E-state index in [1.807, 2.05) is 26.0 Å². The van der Waals surface area contributed by atoms with E-state index in [1.54, 1.807) is 6.07 Å². The van der Waals surface area contributed by atoms with E-state index in [1.165, 1.54) is 0 Å². The largest absolute Gasteiger partial charge is 0.487 e. The summed E-state index contributed by atoms with van der Waals surface area (Å²) in [5, 5.41) is 14.8. The quantitative estimate of drug-likeness (QED) is 0.838. The number of aliphatic hydroxyl groups is 1. The highest BCUT2D eigenvalue weighted by atomic mass is 16.5. The standard InChI is InChI=1S/C20H25NO4/c1-3-12-8-19(23)25-20-11(2)17(5-4-15(12)20)24-18-7-14-10-21-9-13(14)6-16(18)22/h4-5,8,13-14,16,18,21-22H,3,6-7,9-10H2,1-2H3/t13-,14+,16+,18+/m0/s1. The molecule has 1 aliphatic carbocycles. The normalized spacial score (nSPS) is 28.9. The van der Waals surface area contributed by atoms with Crippen molar-refractivity contribution in [1.29, 1.82) is 0 Å². The summed E-state index contributed by atoms with van der Waals surface area (Å²) in [6.45, 7) is 5.94. The first-order chi connectivity index (χ1) is 12.1. The number of nitrogens with one attached hydrogen (secondary N) is 1. The van der Waals surface area contributed by atoms with E-state index in [0.29, 0.717) is 23.2 Å². The molecule has 0 amide bonds. The summed E-state index contributed by atoms with van der Waals surface area (Å²) < 4.78 is 11.6. The van der Waals surface area contributed by atoms with Gasteiger partial charge in [0.15, 0.2) is 0 Å². The van der Waals surface area contributed by atoms with Crippen LogP contribution in [-0.4, -0.2) is 30.4 Å². The van der Waals surface area contributed by atoms with Crippen molar-refractivity contribution in [3.63, 3.8) is 0 Å². The molecule has 1 aliphatic heterocycles. The Balaban J connectivity index is 1.65. The van der Waals surface area contributed by atoms with Gasteiger partial charge in [-0.2, -0.15) is 0 Å². The van der Waals surface area contributed by atoms with Gasteiger partial charge in [0, 0.05) is 17.0 Å². The molecule has 0 bridgehead atoms. The van der Waals surface area contributed by atoms with Crippen LogP contribution in [0.15, 0.2) is 27.4 Å². The maximum absolute atomic E-state index is 11.8. The lowest BCUT2D eigenvalue weighted by Gasteiger charge is -2.35. The number of hydrogen-bond donors (Lipinski definition) is 2. The van der Waals surface area contributed by atoms with E-state index in [2.05, 4.69) is 5.32 Å². The predicted molar refractivity (Wildman–Crippen MR) is 96.1 cm³/mol. The second-order valence-corrected chi connectivity index (χ2v) is 7.38. The molecule has 4 rings (SSSR count). The SMILES string of the molecule is CCc1cc(=O)oc2c(C)c(O[C@@H]3C[C@@H]4CNC[C@@H]4C[C@H]3O)ccc12. The molecule has 0 radical (unpaired) electrons. The minimum atomic E-state index is -0.453. The highest BCUT2D eigenvalue weighted by molar-refractivity contribution is 5.84. The van der Waals surface area contributed by atoms with Crippen LogP contribution >= 0.6 is 0 Å². The molecule has 5 heteroatoms. The molecule has 1 saturated carbocycles. The summed E-state index contributed by atoms with van der Waals surface area (Å²) in [6.07, 6.45) is 1.75. The third kappa shape index (κ3) is 2.96. The van der Waals surface area contributed by atoms with Gasteiger partial charge in [0.05, 0.1) is 6.10 Å². The van der Waals surface area contributed by atoms with Gasteiger partial charge in [0.2, 0.25) is 0 Å². The Morgan fingerprint density at radius 1 is 1.28 bits per heavy atom. The summed E-state index contributed by atoms with van der Waals surface area (Å²) in [7, 11) is 0. The molecule has 2 heterocycles. The fourth-order valence-corrected chi connectivity index (χ4v) is 4.37. The van der Waals surface area contributed by atoms with Crippen molar-refractivity contribution in [3.8, 4) is 5.75 Å². The average molecular weight is 343 g/mol. The smallest absolute Gasteiger partial charge is 0.336 e. The molecule has 1 saturated heterocycles. The van der Waals surface area contributed by atoms with Crippen molar-refractivity contribution in [3.05, 3.63) is 39.7 Å². The molecule has 4 atom stereocenters. The lowest BCUT2D eigenvalue weighted by molar-refractivity contribution is -0.0233. The summed E-state index contributed by atoms with van der Waals surface area (Å²) >= 11 is 0. The fraction of sp³-hybridized carbons (Fsp3) is 0.550. The van der Waals surface area contributed by atoms with E-state index in [-0.39, 0.29) is 11.7 Å².